The lowest BCUT2D eigenvalue weighted by Gasteiger charge is -2.11. The van der Waals surface area contributed by atoms with E-state index < -0.39 is 10.0 Å². The zero-order valence-electron chi connectivity index (χ0n) is 9.67. The van der Waals surface area contributed by atoms with Crippen molar-refractivity contribution in [2.75, 3.05) is 12.3 Å². The molecule has 1 N–H and O–H groups in total. The third-order valence-electron chi connectivity index (χ3n) is 2.69. The van der Waals surface area contributed by atoms with Crippen LogP contribution in [0, 0.1) is 11.3 Å². The Morgan fingerprint density at radius 2 is 2.44 bits per heavy atom. The molecule has 1 aromatic rings. The number of hydrogen-bond donors (Lipinski definition) is 1. The molecule has 7 heteroatoms. The zero-order valence-corrected chi connectivity index (χ0v) is 11.3. The largest absolute Gasteiger partial charge is 0.244 e. The molecule has 0 amide bonds. The van der Waals surface area contributed by atoms with Crippen LogP contribution in [-0.4, -0.2) is 30.9 Å². The van der Waals surface area contributed by atoms with Crippen LogP contribution in [0.3, 0.4) is 0 Å². The van der Waals surface area contributed by atoms with Gasteiger partial charge in [-0.05, 0) is 30.7 Å². The van der Waals surface area contributed by atoms with Crippen molar-refractivity contribution in [3.05, 3.63) is 24.0 Å². The van der Waals surface area contributed by atoms with Crippen LogP contribution >= 0.6 is 11.8 Å². The summed E-state index contributed by atoms with van der Waals surface area (Å²) in [5.41, 5.74) is -0.0657. The van der Waals surface area contributed by atoms with Gasteiger partial charge >= 0.3 is 0 Å². The Bertz CT molecular complexity index is 560. The van der Waals surface area contributed by atoms with E-state index in [0.29, 0.717) is 11.8 Å². The van der Waals surface area contributed by atoms with Crippen LogP contribution in [0.25, 0.3) is 0 Å². The molecule has 0 spiro atoms. The van der Waals surface area contributed by atoms with E-state index in [1.54, 1.807) is 17.8 Å². The number of sulfonamides is 1. The molecule has 1 saturated heterocycles. The maximum absolute atomic E-state index is 12.1. The van der Waals surface area contributed by atoms with Crippen molar-refractivity contribution in [2.45, 2.75) is 23.0 Å². The summed E-state index contributed by atoms with van der Waals surface area (Å²) in [7, 11) is -3.64. The highest BCUT2D eigenvalue weighted by Gasteiger charge is 2.22. The fourth-order valence-electron chi connectivity index (χ4n) is 1.78. The maximum atomic E-state index is 12.1. The predicted molar refractivity (Wildman–Crippen MR) is 69.6 cm³/mol. The lowest BCUT2D eigenvalue weighted by molar-refractivity contribution is 0.578. The minimum absolute atomic E-state index is 0.0458. The summed E-state index contributed by atoms with van der Waals surface area (Å²) in [6.07, 6.45) is 3.57. The Balaban J connectivity index is 2.12. The van der Waals surface area contributed by atoms with Crippen LogP contribution in [0.2, 0.25) is 0 Å². The van der Waals surface area contributed by atoms with Gasteiger partial charge in [0.1, 0.15) is 11.0 Å². The molecule has 1 aliphatic heterocycles. The van der Waals surface area contributed by atoms with Crippen molar-refractivity contribution in [2.24, 2.45) is 0 Å². The Kier molecular flexibility index (Phi) is 4.22. The van der Waals surface area contributed by atoms with Crippen LogP contribution in [0.15, 0.2) is 23.2 Å². The van der Waals surface area contributed by atoms with E-state index in [1.165, 1.54) is 18.3 Å². The number of aromatic nitrogens is 1. The average molecular weight is 283 g/mol. The van der Waals surface area contributed by atoms with Gasteiger partial charge in [0.05, 0.1) is 0 Å². The number of nitrogens with zero attached hydrogens (tertiary/aromatic N) is 2. The van der Waals surface area contributed by atoms with Crippen molar-refractivity contribution in [3.63, 3.8) is 0 Å². The molecule has 1 fully saturated rings. The molecule has 0 bridgehead atoms. The lowest BCUT2D eigenvalue weighted by Crippen LogP contribution is -2.30. The summed E-state index contributed by atoms with van der Waals surface area (Å²) in [6, 6.07) is 4.71. The van der Waals surface area contributed by atoms with Crippen LogP contribution in [0.1, 0.15) is 18.5 Å². The monoisotopic (exact) mass is 283 g/mol. The van der Waals surface area contributed by atoms with Crippen LogP contribution in [0.4, 0.5) is 0 Å². The average Bonchev–Trinajstić information content (AvgIpc) is 2.89. The van der Waals surface area contributed by atoms with E-state index in [4.69, 9.17) is 5.26 Å². The van der Waals surface area contributed by atoms with Gasteiger partial charge in [0.25, 0.3) is 0 Å². The summed E-state index contributed by atoms with van der Waals surface area (Å²) >= 11 is 1.78. The molecular formula is C11H13N3O2S2. The summed E-state index contributed by atoms with van der Waals surface area (Å²) in [5, 5.41) is 9.19. The smallest absolute Gasteiger partial charge is 0.243 e. The molecule has 18 heavy (non-hydrogen) atoms. The highest BCUT2D eigenvalue weighted by atomic mass is 32.2. The van der Waals surface area contributed by atoms with Gasteiger partial charge < -0.3 is 0 Å². The maximum Gasteiger partial charge on any atom is 0.243 e. The molecule has 1 atom stereocenters. The van der Waals surface area contributed by atoms with Crippen molar-refractivity contribution >= 4 is 21.8 Å². The third-order valence-corrected chi connectivity index (χ3v) is 5.54. The van der Waals surface area contributed by atoms with Crippen molar-refractivity contribution in [1.29, 1.82) is 5.26 Å². The van der Waals surface area contributed by atoms with Gasteiger partial charge in [-0.25, -0.2) is 18.1 Å². The van der Waals surface area contributed by atoms with Crippen molar-refractivity contribution in [3.8, 4) is 6.07 Å². The zero-order chi connectivity index (χ0) is 13.0. The van der Waals surface area contributed by atoms with E-state index in [0.717, 1.165) is 18.6 Å². The molecule has 0 saturated carbocycles. The fourth-order valence-corrected chi connectivity index (χ4v) is 4.27. The lowest BCUT2D eigenvalue weighted by atomic mass is 10.2. The van der Waals surface area contributed by atoms with Gasteiger partial charge in [0, 0.05) is 18.0 Å². The van der Waals surface area contributed by atoms with E-state index in [1.807, 2.05) is 0 Å². The van der Waals surface area contributed by atoms with Crippen LogP contribution in [0.5, 0.6) is 0 Å². The van der Waals surface area contributed by atoms with E-state index in [-0.39, 0.29) is 10.6 Å². The van der Waals surface area contributed by atoms with Crippen LogP contribution < -0.4 is 4.72 Å². The second kappa shape index (κ2) is 5.69. The van der Waals surface area contributed by atoms with Gasteiger partial charge in [-0.2, -0.15) is 17.0 Å². The number of rotatable bonds is 4. The summed E-state index contributed by atoms with van der Waals surface area (Å²) < 4.78 is 26.7. The van der Waals surface area contributed by atoms with E-state index in [9.17, 15) is 8.42 Å². The van der Waals surface area contributed by atoms with Crippen molar-refractivity contribution in [1.82, 2.24) is 9.71 Å². The molecule has 1 unspecified atom stereocenters. The van der Waals surface area contributed by atoms with Gasteiger partial charge in [-0.3, -0.25) is 0 Å². The number of hydrogen-bond acceptors (Lipinski definition) is 5. The first-order valence-electron chi connectivity index (χ1n) is 5.60. The molecular weight excluding hydrogens is 270 g/mol. The first kappa shape index (κ1) is 13.3. The highest BCUT2D eigenvalue weighted by Crippen LogP contribution is 2.25. The van der Waals surface area contributed by atoms with E-state index >= 15 is 0 Å². The first-order valence-corrected chi connectivity index (χ1v) is 8.13. The number of nitriles is 1. The third kappa shape index (κ3) is 3.02. The normalized spacial score (nSPS) is 19.6. The standard InChI is InChI=1S/C11H13N3O2S2/c12-7-10-11(4-1-5-13-10)18(15,16)14-8-9-3-2-6-17-9/h1,4-5,9,14H,2-3,6,8H2. The van der Waals surface area contributed by atoms with Gasteiger partial charge in [-0.15, -0.1) is 0 Å². The SMILES string of the molecule is N#Cc1ncccc1S(=O)(=O)NCC1CCCS1. The van der Waals surface area contributed by atoms with Gasteiger partial charge in [-0.1, -0.05) is 0 Å². The summed E-state index contributed by atoms with van der Waals surface area (Å²) in [5.74, 6) is 1.09. The number of nitrogens with one attached hydrogen (secondary N) is 1. The molecule has 2 rings (SSSR count). The quantitative estimate of drug-likeness (QED) is 0.895. The number of pyridine rings is 1. The summed E-state index contributed by atoms with van der Waals surface area (Å²) in [6.45, 7) is 0.409. The molecule has 1 aliphatic rings. The Labute approximate surface area is 111 Å². The fraction of sp³-hybridized carbons (Fsp3) is 0.455. The summed E-state index contributed by atoms with van der Waals surface area (Å²) in [4.78, 5) is 3.71. The van der Waals surface area contributed by atoms with Crippen LogP contribution in [-0.2, 0) is 10.0 Å². The Hall–Kier alpha value is -1.10. The van der Waals surface area contributed by atoms with Gasteiger partial charge in [0.2, 0.25) is 10.0 Å². The molecule has 5 nitrogen and oxygen atoms in total. The predicted octanol–water partition coefficient (Wildman–Crippen LogP) is 1.13. The topological polar surface area (TPSA) is 82.8 Å². The van der Waals surface area contributed by atoms with E-state index in [2.05, 4.69) is 9.71 Å². The molecule has 2 heterocycles. The molecule has 96 valence electrons. The molecule has 0 aliphatic carbocycles. The Morgan fingerprint density at radius 3 is 3.11 bits per heavy atom. The minimum atomic E-state index is -3.64. The second-order valence-corrected chi connectivity index (χ2v) is 7.09. The second-order valence-electron chi connectivity index (χ2n) is 3.95. The highest BCUT2D eigenvalue weighted by molar-refractivity contribution is 8.00. The van der Waals surface area contributed by atoms with Gasteiger partial charge in [0.15, 0.2) is 5.69 Å². The minimum Gasteiger partial charge on any atom is -0.244 e. The molecule has 0 aromatic carbocycles. The molecule has 0 radical (unpaired) electrons. The van der Waals surface area contributed by atoms with Crippen molar-refractivity contribution < 1.29 is 8.42 Å². The molecule has 1 aromatic heterocycles. The first-order chi connectivity index (χ1) is 8.63. The number of thioether (sulfide) groups is 1. The Morgan fingerprint density at radius 1 is 1.61 bits per heavy atom.